The first-order valence-corrected chi connectivity index (χ1v) is 7.44. The number of terminal acetylenes is 1. The summed E-state index contributed by atoms with van der Waals surface area (Å²) in [6.07, 6.45) is 7.04. The fourth-order valence-corrected chi connectivity index (χ4v) is 2.46. The van der Waals surface area contributed by atoms with Crippen LogP contribution in [0.5, 0.6) is 5.75 Å². The number of urea groups is 1. The largest absolute Gasteiger partial charge is 0.497 e. The number of piperidine rings is 1. The lowest BCUT2D eigenvalue weighted by atomic mass is 9.98. The molecule has 1 aromatic carbocycles. The second-order valence-corrected chi connectivity index (χ2v) is 5.31. The number of benzene rings is 1. The number of carbonyl (C=O) groups is 1. The highest BCUT2D eigenvalue weighted by molar-refractivity contribution is 5.89. The third-order valence-corrected chi connectivity index (χ3v) is 3.78. The summed E-state index contributed by atoms with van der Waals surface area (Å²) in [5.41, 5.74) is 0.769. The second-order valence-electron chi connectivity index (χ2n) is 5.31. The van der Waals surface area contributed by atoms with Crippen molar-refractivity contribution in [3.63, 3.8) is 0 Å². The molecule has 1 saturated heterocycles. The van der Waals surface area contributed by atoms with E-state index in [1.807, 2.05) is 29.2 Å². The van der Waals surface area contributed by atoms with Crippen LogP contribution < -0.4 is 10.1 Å². The van der Waals surface area contributed by atoms with Gasteiger partial charge in [-0.2, -0.15) is 0 Å². The number of hydrogen-bond donors (Lipinski definition) is 1. The molecule has 5 heteroatoms. The van der Waals surface area contributed by atoms with Crippen LogP contribution in [-0.4, -0.2) is 44.3 Å². The molecule has 5 nitrogen and oxygen atoms in total. The Morgan fingerprint density at radius 3 is 2.64 bits per heavy atom. The van der Waals surface area contributed by atoms with E-state index in [-0.39, 0.29) is 6.03 Å². The molecule has 1 aliphatic rings. The summed E-state index contributed by atoms with van der Waals surface area (Å²) in [6, 6.07) is 7.25. The first kappa shape index (κ1) is 16.2. The molecule has 0 aliphatic carbocycles. The van der Waals surface area contributed by atoms with Crippen LogP contribution in [0.3, 0.4) is 0 Å². The quantitative estimate of drug-likeness (QED) is 0.672. The minimum atomic E-state index is -0.0619. The first-order valence-electron chi connectivity index (χ1n) is 7.44. The average Bonchev–Trinajstić information content (AvgIpc) is 2.56. The van der Waals surface area contributed by atoms with Crippen molar-refractivity contribution in [2.45, 2.75) is 12.8 Å². The van der Waals surface area contributed by atoms with Gasteiger partial charge in [0.1, 0.15) is 12.4 Å². The second kappa shape index (κ2) is 8.30. The molecular weight excluding hydrogens is 280 g/mol. The SMILES string of the molecule is C#CCOCC1CCN(C(=O)Nc2ccc(OC)cc2)CC1. The molecular formula is C17H22N2O3. The fourth-order valence-electron chi connectivity index (χ4n) is 2.46. The first-order chi connectivity index (χ1) is 10.7. The maximum absolute atomic E-state index is 12.2. The van der Waals surface area contributed by atoms with Gasteiger partial charge in [-0.05, 0) is 43.0 Å². The van der Waals surface area contributed by atoms with Crippen molar-refractivity contribution in [1.82, 2.24) is 4.90 Å². The molecule has 1 aromatic rings. The standard InChI is InChI=1S/C17H22N2O3/c1-3-12-22-13-14-8-10-19(11-9-14)17(20)18-15-4-6-16(21-2)7-5-15/h1,4-7,14H,8-13H2,2H3,(H,18,20). The van der Waals surface area contributed by atoms with E-state index in [4.69, 9.17) is 15.9 Å². The van der Waals surface area contributed by atoms with Crippen LogP contribution in [0.15, 0.2) is 24.3 Å². The van der Waals surface area contributed by atoms with E-state index >= 15 is 0 Å². The van der Waals surface area contributed by atoms with E-state index in [0.29, 0.717) is 19.1 Å². The number of methoxy groups -OCH3 is 1. The Hall–Kier alpha value is -2.19. The van der Waals surface area contributed by atoms with E-state index in [9.17, 15) is 4.79 Å². The minimum Gasteiger partial charge on any atom is -0.497 e. The van der Waals surface area contributed by atoms with Crippen molar-refractivity contribution in [1.29, 1.82) is 0 Å². The molecule has 2 rings (SSSR count). The number of hydrogen-bond acceptors (Lipinski definition) is 3. The Balaban J connectivity index is 1.76. The molecule has 2 amide bonds. The lowest BCUT2D eigenvalue weighted by Crippen LogP contribution is -2.41. The van der Waals surface area contributed by atoms with Gasteiger partial charge in [-0.3, -0.25) is 0 Å². The van der Waals surface area contributed by atoms with Gasteiger partial charge in [0.25, 0.3) is 0 Å². The van der Waals surface area contributed by atoms with Gasteiger partial charge < -0.3 is 19.7 Å². The average molecular weight is 302 g/mol. The summed E-state index contributed by atoms with van der Waals surface area (Å²) >= 11 is 0. The zero-order chi connectivity index (χ0) is 15.8. The predicted octanol–water partition coefficient (Wildman–Crippen LogP) is 2.59. The van der Waals surface area contributed by atoms with Crippen LogP contribution in [0.1, 0.15) is 12.8 Å². The van der Waals surface area contributed by atoms with Gasteiger partial charge in [0.2, 0.25) is 0 Å². The summed E-state index contributed by atoms with van der Waals surface area (Å²) in [5, 5.41) is 2.90. The highest BCUT2D eigenvalue weighted by atomic mass is 16.5. The van der Waals surface area contributed by atoms with Crippen molar-refractivity contribution < 1.29 is 14.3 Å². The van der Waals surface area contributed by atoms with Gasteiger partial charge in [0, 0.05) is 18.8 Å². The lowest BCUT2D eigenvalue weighted by Gasteiger charge is -2.31. The highest BCUT2D eigenvalue weighted by Crippen LogP contribution is 2.19. The van der Waals surface area contributed by atoms with Crippen LogP contribution in [-0.2, 0) is 4.74 Å². The smallest absolute Gasteiger partial charge is 0.321 e. The number of amides is 2. The number of anilines is 1. The number of ether oxygens (including phenoxy) is 2. The third kappa shape index (κ3) is 4.68. The van der Waals surface area contributed by atoms with Crippen molar-refractivity contribution >= 4 is 11.7 Å². The Morgan fingerprint density at radius 2 is 2.05 bits per heavy atom. The lowest BCUT2D eigenvalue weighted by molar-refractivity contribution is 0.0932. The zero-order valence-corrected chi connectivity index (χ0v) is 12.9. The maximum atomic E-state index is 12.2. The fraction of sp³-hybridized carbons (Fsp3) is 0.471. The zero-order valence-electron chi connectivity index (χ0n) is 12.9. The number of rotatable bonds is 5. The van der Waals surface area contributed by atoms with Gasteiger partial charge in [-0.15, -0.1) is 6.42 Å². The van der Waals surface area contributed by atoms with Crippen LogP contribution >= 0.6 is 0 Å². The molecule has 1 heterocycles. The summed E-state index contributed by atoms with van der Waals surface area (Å²) in [7, 11) is 1.62. The van der Waals surface area contributed by atoms with Crippen molar-refractivity contribution in [2.24, 2.45) is 5.92 Å². The Morgan fingerprint density at radius 1 is 1.36 bits per heavy atom. The highest BCUT2D eigenvalue weighted by Gasteiger charge is 2.22. The van der Waals surface area contributed by atoms with Gasteiger partial charge in [-0.25, -0.2) is 4.79 Å². The number of carbonyl (C=O) groups excluding carboxylic acids is 1. The number of nitrogens with one attached hydrogen (secondary N) is 1. The molecule has 0 atom stereocenters. The van der Waals surface area contributed by atoms with Crippen LogP contribution in [0.25, 0.3) is 0 Å². The van der Waals surface area contributed by atoms with Crippen molar-refractivity contribution in [3.8, 4) is 18.1 Å². The summed E-state index contributed by atoms with van der Waals surface area (Å²) in [5.74, 6) is 3.72. The molecule has 1 N–H and O–H groups in total. The summed E-state index contributed by atoms with van der Waals surface area (Å²) < 4.78 is 10.5. The molecule has 0 unspecified atom stereocenters. The van der Waals surface area contributed by atoms with E-state index in [2.05, 4.69) is 11.2 Å². The van der Waals surface area contributed by atoms with Gasteiger partial charge in [0.05, 0.1) is 13.7 Å². The van der Waals surface area contributed by atoms with Crippen LogP contribution in [0, 0.1) is 18.3 Å². The topological polar surface area (TPSA) is 50.8 Å². The molecule has 0 spiro atoms. The molecule has 0 aromatic heterocycles. The van der Waals surface area contributed by atoms with Gasteiger partial charge in [0.15, 0.2) is 0 Å². The van der Waals surface area contributed by atoms with Gasteiger partial charge in [-0.1, -0.05) is 5.92 Å². The minimum absolute atomic E-state index is 0.0619. The van der Waals surface area contributed by atoms with Crippen LogP contribution in [0.4, 0.5) is 10.5 Å². The molecule has 0 saturated carbocycles. The van der Waals surface area contributed by atoms with Crippen molar-refractivity contribution in [2.75, 3.05) is 38.7 Å². The van der Waals surface area contributed by atoms with E-state index in [1.54, 1.807) is 7.11 Å². The Bertz CT molecular complexity index is 514. The Labute approximate surface area is 131 Å². The van der Waals surface area contributed by atoms with E-state index in [1.165, 1.54) is 0 Å². The normalized spacial score (nSPS) is 15.2. The summed E-state index contributed by atoms with van der Waals surface area (Å²) in [4.78, 5) is 14.1. The van der Waals surface area contributed by atoms with E-state index < -0.39 is 0 Å². The molecule has 1 aliphatic heterocycles. The number of likely N-dealkylation sites (tertiary alicyclic amines) is 1. The molecule has 0 bridgehead atoms. The number of nitrogens with zero attached hydrogens (tertiary/aromatic N) is 1. The van der Waals surface area contributed by atoms with Crippen LogP contribution in [0.2, 0.25) is 0 Å². The van der Waals surface area contributed by atoms with Gasteiger partial charge >= 0.3 is 6.03 Å². The third-order valence-electron chi connectivity index (χ3n) is 3.78. The maximum Gasteiger partial charge on any atom is 0.321 e. The van der Waals surface area contributed by atoms with E-state index in [0.717, 1.165) is 37.4 Å². The Kier molecular flexibility index (Phi) is 6.11. The predicted molar refractivity (Wildman–Crippen MR) is 86.0 cm³/mol. The van der Waals surface area contributed by atoms with Crippen molar-refractivity contribution in [3.05, 3.63) is 24.3 Å². The summed E-state index contributed by atoms with van der Waals surface area (Å²) in [6.45, 7) is 2.52. The molecule has 118 valence electrons. The molecule has 22 heavy (non-hydrogen) atoms. The monoisotopic (exact) mass is 302 g/mol. The molecule has 0 radical (unpaired) electrons. The molecule has 1 fully saturated rings.